The van der Waals surface area contributed by atoms with Gasteiger partial charge in [-0.25, -0.2) is 0 Å². The van der Waals surface area contributed by atoms with Gasteiger partial charge in [0.25, 0.3) is 11.8 Å². The molecule has 2 aliphatic rings. The summed E-state index contributed by atoms with van der Waals surface area (Å²) in [5.74, 6) is -0.113. The number of rotatable bonds is 27. The fraction of sp³-hybridized carbons (Fsp3) is 0.419. The predicted octanol–water partition coefficient (Wildman–Crippen LogP) is 18.3. The highest BCUT2D eigenvalue weighted by Crippen LogP contribution is 2.52. The Morgan fingerprint density at radius 3 is 1.33 bits per heavy atom. The number of amides is 2. The van der Waals surface area contributed by atoms with Crippen molar-refractivity contribution in [3.63, 3.8) is 0 Å². The van der Waals surface area contributed by atoms with E-state index in [2.05, 4.69) is 56.4 Å². The number of aryl methyl sites for hydroxylation is 3. The van der Waals surface area contributed by atoms with Gasteiger partial charge in [-0.15, -0.1) is 45.3 Å². The summed E-state index contributed by atoms with van der Waals surface area (Å²) in [7, 11) is 0. The molecule has 0 saturated carbocycles. The van der Waals surface area contributed by atoms with E-state index in [1.54, 1.807) is 21.8 Å². The van der Waals surface area contributed by atoms with E-state index in [1.165, 1.54) is 168 Å². The van der Waals surface area contributed by atoms with Gasteiger partial charge in [0.15, 0.2) is 0 Å². The van der Waals surface area contributed by atoms with E-state index in [0.717, 1.165) is 50.9 Å². The van der Waals surface area contributed by atoms with Crippen molar-refractivity contribution in [2.24, 2.45) is 0 Å². The number of fused-ring (bicyclic) bond motifs is 3. The van der Waals surface area contributed by atoms with Crippen molar-refractivity contribution in [1.29, 1.82) is 0 Å². The van der Waals surface area contributed by atoms with Crippen LogP contribution in [0, 0.1) is 6.92 Å². The van der Waals surface area contributed by atoms with Crippen LogP contribution in [-0.4, -0.2) is 11.8 Å². The molecule has 0 saturated heterocycles. The van der Waals surface area contributed by atoms with Crippen molar-refractivity contribution < 1.29 is 9.59 Å². The summed E-state index contributed by atoms with van der Waals surface area (Å²) in [4.78, 5) is 40.8. The Balaban J connectivity index is 1.07. The molecule has 4 nitrogen and oxygen atoms in total. The van der Waals surface area contributed by atoms with Crippen molar-refractivity contribution in [3.05, 3.63) is 140 Å². The van der Waals surface area contributed by atoms with Crippen LogP contribution >= 0.6 is 45.3 Å². The summed E-state index contributed by atoms with van der Waals surface area (Å²) in [5, 5.41) is 1.65. The van der Waals surface area contributed by atoms with Gasteiger partial charge in [0.1, 0.15) is 0 Å². The molecule has 70 heavy (non-hydrogen) atoms. The van der Waals surface area contributed by atoms with Crippen LogP contribution in [-0.2, 0) is 12.8 Å². The Morgan fingerprint density at radius 1 is 0.414 bits per heavy atom. The fourth-order valence-corrected chi connectivity index (χ4v) is 16.0. The summed E-state index contributed by atoms with van der Waals surface area (Å²) < 4.78 is 3.00. The molecule has 0 bridgehead atoms. The predicted molar refractivity (Wildman–Crippen MR) is 306 cm³/mol. The molecule has 4 aromatic heterocycles. The standard InChI is InChI=1S/C62H72N2O2S4/c1-5-7-9-11-13-15-17-19-21-29-35-47-57(54-38-37-43(3)67-54)69-60-48(36-30-22-20-18-16-14-12-10-8-6-2)58(70-59(47)60)55-40-39-53(68-55)56-50-42-51-49(44(4)63(61(51)65)45-31-25-23-26-32-45)41-52(50)62(66)64(56)46-33-27-24-28-34-46/h23-28,31-34,37-42H,5-22,29-30,35-36H2,1-4H3. The molecule has 6 heterocycles. The third kappa shape index (κ3) is 11.1. The number of anilines is 2. The van der Waals surface area contributed by atoms with Gasteiger partial charge in [-0.1, -0.05) is 166 Å². The van der Waals surface area contributed by atoms with E-state index in [4.69, 9.17) is 0 Å². The highest BCUT2D eigenvalue weighted by molar-refractivity contribution is 7.34. The van der Waals surface area contributed by atoms with Gasteiger partial charge in [-0.05, 0) is 111 Å². The second-order valence-corrected chi connectivity index (χ2v) is 24.2. The van der Waals surface area contributed by atoms with Crippen LogP contribution in [0.25, 0.3) is 40.3 Å². The number of para-hydroxylation sites is 2. The molecule has 0 spiro atoms. The van der Waals surface area contributed by atoms with Crippen molar-refractivity contribution >= 4 is 89.3 Å². The van der Waals surface area contributed by atoms with E-state index in [-0.39, 0.29) is 11.8 Å². The molecule has 366 valence electrons. The Bertz CT molecular complexity index is 3010. The lowest BCUT2D eigenvalue weighted by atomic mass is 10.0. The van der Waals surface area contributed by atoms with E-state index in [0.29, 0.717) is 11.1 Å². The van der Waals surface area contributed by atoms with E-state index >= 15 is 0 Å². The molecule has 0 radical (unpaired) electrons. The lowest BCUT2D eigenvalue weighted by Gasteiger charge is -2.20. The fourth-order valence-electron chi connectivity index (χ4n) is 10.7. The molecule has 2 aliphatic heterocycles. The molecule has 0 unspecified atom stereocenters. The number of hydrogen-bond acceptors (Lipinski definition) is 6. The van der Waals surface area contributed by atoms with Gasteiger partial charge < -0.3 is 0 Å². The smallest absolute Gasteiger partial charge is 0.263 e. The van der Waals surface area contributed by atoms with Gasteiger partial charge in [-0.3, -0.25) is 19.4 Å². The second-order valence-electron chi connectivity index (χ2n) is 19.7. The van der Waals surface area contributed by atoms with E-state index < -0.39 is 0 Å². The number of carbonyl (C=O) groups is 2. The van der Waals surface area contributed by atoms with Gasteiger partial charge in [0, 0.05) is 66.9 Å². The maximum atomic E-state index is 14.8. The Kier molecular flexibility index (Phi) is 17.4. The second kappa shape index (κ2) is 24.2. The zero-order valence-electron chi connectivity index (χ0n) is 42.1. The third-order valence-corrected chi connectivity index (χ3v) is 19.7. The van der Waals surface area contributed by atoms with E-state index in [1.807, 2.05) is 107 Å². The normalized spacial score (nSPS) is 13.5. The maximum absolute atomic E-state index is 14.8. The molecule has 3 aromatic carbocycles. The van der Waals surface area contributed by atoms with Gasteiger partial charge in [-0.2, -0.15) is 0 Å². The summed E-state index contributed by atoms with van der Waals surface area (Å²) in [6.45, 7) is 8.83. The van der Waals surface area contributed by atoms with E-state index in [9.17, 15) is 9.59 Å². The minimum atomic E-state index is -0.0568. The van der Waals surface area contributed by atoms with Crippen molar-refractivity contribution in [2.45, 2.75) is 169 Å². The largest absolute Gasteiger partial charge is 0.280 e. The first-order valence-electron chi connectivity index (χ1n) is 26.8. The molecule has 0 N–H and O–H groups in total. The minimum absolute atomic E-state index is 0.0562. The average molecular weight is 1010 g/mol. The molecule has 0 aliphatic carbocycles. The molecule has 8 heteroatoms. The lowest BCUT2D eigenvalue weighted by molar-refractivity contribution is 0.0993. The Hall–Kier alpha value is -4.60. The lowest BCUT2D eigenvalue weighted by Crippen LogP contribution is -2.25. The number of hydrogen-bond donors (Lipinski definition) is 0. The first-order valence-corrected chi connectivity index (χ1v) is 30.1. The number of carbonyl (C=O) groups excluding carboxylic acids is 2. The topological polar surface area (TPSA) is 40.6 Å². The van der Waals surface area contributed by atoms with Crippen molar-refractivity contribution in [1.82, 2.24) is 0 Å². The number of benzene rings is 3. The molecule has 0 fully saturated rings. The monoisotopic (exact) mass is 1000 g/mol. The first kappa shape index (κ1) is 50.3. The average Bonchev–Trinajstić information content (AvgIpc) is 4.24. The number of unbranched alkanes of at least 4 members (excludes halogenated alkanes) is 18. The molecule has 2 amide bonds. The highest BCUT2D eigenvalue weighted by Gasteiger charge is 2.36. The molecule has 9 rings (SSSR count). The zero-order valence-corrected chi connectivity index (χ0v) is 45.4. The molecule has 0 atom stereocenters. The summed E-state index contributed by atoms with van der Waals surface area (Å²) >= 11 is 7.83. The van der Waals surface area contributed by atoms with Crippen LogP contribution in [0.1, 0.15) is 191 Å². The van der Waals surface area contributed by atoms with Crippen molar-refractivity contribution in [2.75, 3.05) is 9.80 Å². The van der Waals surface area contributed by atoms with Gasteiger partial charge in [0.2, 0.25) is 0 Å². The Labute approximate surface area is 433 Å². The summed E-state index contributed by atoms with van der Waals surface area (Å²) in [6.07, 6.45) is 28.9. The maximum Gasteiger partial charge on any atom is 0.263 e. The minimum Gasteiger partial charge on any atom is -0.280 e. The van der Waals surface area contributed by atoms with Gasteiger partial charge in [0.05, 0.1) is 16.1 Å². The van der Waals surface area contributed by atoms with Crippen LogP contribution in [0.3, 0.4) is 0 Å². The number of thiophene rings is 4. The van der Waals surface area contributed by atoms with Crippen LogP contribution in [0.2, 0.25) is 0 Å². The zero-order chi connectivity index (χ0) is 48.4. The quantitative estimate of drug-likeness (QED) is 0.0482. The molecular weight excluding hydrogens is 933 g/mol. The number of nitrogens with zero attached hydrogens (tertiary/aromatic N) is 2. The van der Waals surface area contributed by atoms with Crippen LogP contribution in [0.5, 0.6) is 0 Å². The summed E-state index contributed by atoms with van der Waals surface area (Å²) in [6, 6.07) is 33.1. The summed E-state index contributed by atoms with van der Waals surface area (Å²) in [5.41, 5.74) is 7.73. The molecular formula is C62H72N2O2S4. The van der Waals surface area contributed by atoms with Crippen LogP contribution in [0.4, 0.5) is 11.4 Å². The highest BCUT2D eigenvalue weighted by atomic mass is 32.1. The Morgan fingerprint density at radius 2 is 0.829 bits per heavy atom. The van der Waals surface area contributed by atoms with Crippen LogP contribution in [0.15, 0.2) is 97.1 Å². The van der Waals surface area contributed by atoms with Crippen LogP contribution < -0.4 is 20.2 Å². The van der Waals surface area contributed by atoms with Crippen molar-refractivity contribution in [3.8, 4) is 19.5 Å². The van der Waals surface area contributed by atoms with Gasteiger partial charge >= 0.3 is 0 Å². The first-order chi connectivity index (χ1) is 34.4. The molecule has 7 aromatic rings. The third-order valence-electron chi connectivity index (χ3n) is 14.6. The SMILES string of the molecule is CCCCCCCCCCCCc1c(-c2ccc(C)s2)sc2c(CCCCCCCCCCCC)c(-c3ccc(C4=c5cc6c(cc5C(=O)N4c4ccccc4)=C(C)N(c4ccccc4)C6=O)s3)sc12.